The minimum atomic E-state index is -1.16. The molecule has 4 rings (SSSR count). The van der Waals surface area contributed by atoms with E-state index in [1.54, 1.807) is 0 Å². The number of benzene rings is 2. The minimum absolute atomic E-state index is 0.0102. The number of aliphatic hydroxyl groups is 1. The molecular formula is C20H16O8. The van der Waals surface area contributed by atoms with Gasteiger partial charge in [0.15, 0.2) is 23.4 Å². The maximum absolute atomic E-state index is 12.4. The smallest absolute Gasteiger partial charge is 0.231 e. The van der Waals surface area contributed by atoms with Crippen LogP contribution in [0.5, 0.6) is 34.5 Å². The quantitative estimate of drug-likeness (QED) is 0.348. The molecule has 0 saturated heterocycles. The van der Waals surface area contributed by atoms with E-state index in [0.717, 1.165) is 18.2 Å². The molecule has 1 aliphatic rings. The highest BCUT2D eigenvalue weighted by molar-refractivity contribution is 5.93. The fourth-order valence-corrected chi connectivity index (χ4v) is 3.51. The van der Waals surface area contributed by atoms with Crippen LogP contribution in [0.4, 0.5) is 0 Å². The number of hydrogen-bond acceptors (Lipinski definition) is 8. The molecule has 144 valence electrons. The van der Waals surface area contributed by atoms with E-state index in [9.17, 15) is 35.4 Å². The second kappa shape index (κ2) is 6.21. The number of fused-ring (bicyclic) bond motifs is 2. The Morgan fingerprint density at radius 3 is 2.43 bits per heavy atom. The topological polar surface area (TPSA) is 148 Å². The van der Waals surface area contributed by atoms with E-state index in [0.29, 0.717) is 5.56 Å². The molecule has 3 aromatic rings. The normalized spacial score (nSPS) is 18.5. The Balaban J connectivity index is 1.97. The van der Waals surface area contributed by atoms with E-state index >= 15 is 0 Å². The van der Waals surface area contributed by atoms with Gasteiger partial charge < -0.3 is 35.4 Å². The molecule has 0 saturated carbocycles. The Hall–Kier alpha value is -3.65. The average molecular weight is 384 g/mol. The molecule has 28 heavy (non-hydrogen) atoms. The standard InChI is InChI=1S/C20H16O8/c21-8-4-13(23)11-7-15(25)20(28-16(11)5-8)10-6-14(24)19(27)17-9(10)2-1-3-12(22)18(17)26/h1-6,15,20-21,23-25,27H,7H2,(H,22,26)/t15-,20-/m1/s1. The zero-order valence-corrected chi connectivity index (χ0v) is 14.3. The van der Waals surface area contributed by atoms with Crippen molar-refractivity contribution in [1.29, 1.82) is 0 Å². The van der Waals surface area contributed by atoms with Crippen molar-refractivity contribution < 1.29 is 35.4 Å². The summed E-state index contributed by atoms with van der Waals surface area (Å²) in [6, 6.07) is 7.54. The number of phenolic OH excluding ortho intramolecular Hbond substituents is 4. The number of aromatic hydroxyl groups is 5. The molecule has 0 radical (unpaired) electrons. The molecular weight excluding hydrogens is 368 g/mol. The van der Waals surface area contributed by atoms with Crippen molar-refractivity contribution in [2.24, 2.45) is 0 Å². The summed E-state index contributed by atoms with van der Waals surface area (Å²) in [7, 11) is 0. The summed E-state index contributed by atoms with van der Waals surface area (Å²) in [5, 5.41) is 60.2. The third-order valence-corrected chi connectivity index (χ3v) is 4.82. The van der Waals surface area contributed by atoms with E-state index in [-0.39, 0.29) is 40.0 Å². The number of phenols is 4. The van der Waals surface area contributed by atoms with E-state index in [1.807, 2.05) is 0 Å². The number of ether oxygens (including phenoxy) is 1. The van der Waals surface area contributed by atoms with Gasteiger partial charge in [0.1, 0.15) is 17.2 Å². The van der Waals surface area contributed by atoms with Crippen molar-refractivity contribution in [3.63, 3.8) is 0 Å². The molecule has 0 aliphatic carbocycles. The number of aliphatic hydroxyl groups excluding tert-OH is 1. The predicted molar refractivity (Wildman–Crippen MR) is 98.1 cm³/mol. The molecule has 8 nitrogen and oxygen atoms in total. The summed E-state index contributed by atoms with van der Waals surface area (Å²) in [4.78, 5) is 12.4. The van der Waals surface area contributed by atoms with Gasteiger partial charge in [0, 0.05) is 29.7 Å². The van der Waals surface area contributed by atoms with Crippen molar-refractivity contribution in [1.82, 2.24) is 0 Å². The largest absolute Gasteiger partial charge is 0.508 e. The second-order valence-corrected chi connectivity index (χ2v) is 6.61. The second-order valence-electron chi connectivity index (χ2n) is 6.61. The van der Waals surface area contributed by atoms with E-state index in [2.05, 4.69) is 0 Å². The van der Waals surface area contributed by atoms with Gasteiger partial charge in [-0.1, -0.05) is 12.1 Å². The molecule has 0 aromatic heterocycles. The molecule has 0 amide bonds. The van der Waals surface area contributed by atoms with Crippen LogP contribution in [0.2, 0.25) is 0 Å². The average Bonchev–Trinajstić information content (AvgIpc) is 2.78. The summed E-state index contributed by atoms with van der Waals surface area (Å²) in [5.41, 5.74) is -0.392. The van der Waals surface area contributed by atoms with Crippen LogP contribution in [0.3, 0.4) is 0 Å². The first-order valence-corrected chi connectivity index (χ1v) is 8.38. The van der Waals surface area contributed by atoms with Crippen molar-refractivity contribution in [3.05, 3.63) is 57.7 Å². The minimum Gasteiger partial charge on any atom is -0.508 e. The third-order valence-electron chi connectivity index (χ3n) is 4.82. The monoisotopic (exact) mass is 384 g/mol. The van der Waals surface area contributed by atoms with Crippen molar-refractivity contribution in [2.75, 3.05) is 0 Å². The molecule has 8 heteroatoms. The van der Waals surface area contributed by atoms with Gasteiger partial charge in [-0.15, -0.1) is 0 Å². The Bertz CT molecular complexity index is 1170. The van der Waals surface area contributed by atoms with Crippen LogP contribution in [0.15, 0.2) is 41.2 Å². The van der Waals surface area contributed by atoms with Crippen LogP contribution in [0, 0.1) is 0 Å². The summed E-state index contributed by atoms with van der Waals surface area (Å²) in [6.07, 6.45) is -2.25. The van der Waals surface area contributed by atoms with E-state index < -0.39 is 34.9 Å². The lowest BCUT2D eigenvalue weighted by atomic mass is 9.91. The Morgan fingerprint density at radius 1 is 0.929 bits per heavy atom. The number of rotatable bonds is 1. The molecule has 0 spiro atoms. The lowest BCUT2D eigenvalue weighted by molar-refractivity contribution is 0.0205. The van der Waals surface area contributed by atoms with Crippen molar-refractivity contribution in [3.8, 4) is 34.5 Å². The SMILES string of the molecule is O=c1c(O)cccc2c([C@H]3Oc4cc(O)cc(O)c4C[C@H]3O)cc(O)c(O)c12. The first kappa shape index (κ1) is 17.7. The Kier molecular flexibility index (Phi) is 3.93. The van der Waals surface area contributed by atoms with Gasteiger partial charge >= 0.3 is 0 Å². The Labute approximate surface area is 157 Å². The molecule has 0 fully saturated rings. The van der Waals surface area contributed by atoms with Gasteiger partial charge in [-0.3, -0.25) is 4.79 Å². The van der Waals surface area contributed by atoms with Crippen molar-refractivity contribution >= 4 is 10.8 Å². The summed E-state index contributed by atoms with van der Waals surface area (Å²) in [6.45, 7) is 0. The molecule has 0 unspecified atom stereocenters. The first-order valence-electron chi connectivity index (χ1n) is 8.38. The summed E-state index contributed by atoms with van der Waals surface area (Å²) < 4.78 is 5.77. The molecule has 0 bridgehead atoms. The van der Waals surface area contributed by atoms with E-state index in [4.69, 9.17) is 4.74 Å². The van der Waals surface area contributed by atoms with Crippen LogP contribution >= 0.6 is 0 Å². The lowest BCUT2D eigenvalue weighted by Crippen LogP contribution is -2.30. The highest BCUT2D eigenvalue weighted by Gasteiger charge is 2.34. The predicted octanol–water partition coefficient (Wildman–Crippen LogP) is 1.77. The van der Waals surface area contributed by atoms with Gasteiger partial charge in [-0.05, 0) is 17.5 Å². The molecule has 3 aromatic carbocycles. The fraction of sp³-hybridized carbons (Fsp3) is 0.150. The van der Waals surface area contributed by atoms with Gasteiger partial charge in [-0.25, -0.2) is 0 Å². The molecule has 6 N–H and O–H groups in total. The maximum atomic E-state index is 12.4. The highest BCUT2D eigenvalue weighted by atomic mass is 16.5. The maximum Gasteiger partial charge on any atom is 0.231 e. The lowest BCUT2D eigenvalue weighted by Gasteiger charge is -2.32. The number of hydrogen-bond donors (Lipinski definition) is 6. The molecule has 1 aliphatic heterocycles. The third kappa shape index (κ3) is 2.62. The summed E-state index contributed by atoms with van der Waals surface area (Å²) >= 11 is 0. The highest BCUT2D eigenvalue weighted by Crippen LogP contribution is 2.45. The van der Waals surface area contributed by atoms with Crippen LogP contribution in [-0.4, -0.2) is 36.7 Å². The molecule has 1 heterocycles. The van der Waals surface area contributed by atoms with Crippen molar-refractivity contribution in [2.45, 2.75) is 18.6 Å². The summed E-state index contributed by atoms with van der Waals surface area (Å²) in [5.74, 6) is -2.26. The van der Waals surface area contributed by atoms with Gasteiger partial charge in [0.2, 0.25) is 5.43 Å². The zero-order chi connectivity index (χ0) is 20.2. The van der Waals surface area contributed by atoms with E-state index in [1.165, 1.54) is 18.2 Å². The van der Waals surface area contributed by atoms with Crippen LogP contribution < -0.4 is 10.2 Å². The van der Waals surface area contributed by atoms with Gasteiger partial charge in [-0.2, -0.15) is 0 Å². The van der Waals surface area contributed by atoms with Crippen LogP contribution in [0.25, 0.3) is 10.8 Å². The van der Waals surface area contributed by atoms with Crippen LogP contribution in [0.1, 0.15) is 17.2 Å². The first-order chi connectivity index (χ1) is 13.3. The zero-order valence-electron chi connectivity index (χ0n) is 14.3. The fourth-order valence-electron chi connectivity index (χ4n) is 3.51. The van der Waals surface area contributed by atoms with Crippen LogP contribution in [-0.2, 0) is 6.42 Å². The van der Waals surface area contributed by atoms with Gasteiger partial charge in [0.25, 0.3) is 0 Å². The van der Waals surface area contributed by atoms with Gasteiger partial charge in [0.05, 0.1) is 11.5 Å². The Morgan fingerprint density at radius 2 is 1.68 bits per heavy atom. The molecule has 2 atom stereocenters.